The molecule has 1 aromatic heterocycles. The van der Waals surface area contributed by atoms with Gasteiger partial charge in [-0.3, -0.25) is 0 Å². The van der Waals surface area contributed by atoms with E-state index in [1.807, 2.05) is 0 Å². The van der Waals surface area contributed by atoms with Gasteiger partial charge < -0.3 is 4.42 Å². The van der Waals surface area contributed by atoms with Crippen LogP contribution in [0.1, 0.15) is 25.0 Å². The molecule has 2 nitrogen and oxygen atoms in total. The second kappa shape index (κ2) is 4.39. The van der Waals surface area contributed by atoms with Crippen molar-refractivity contribution in [2.24, 2.45) is 0 Å². The molecule has 0 aliphatic carbocycles. The lowest BCUT2D eigenvalue weighted by atomic mass is 10.3. The van der Waals surface area contributed by atoms with Gasteiger partial charge >= 0.3 is 0 Å². The number of aromatic nitrogens is 1. The van der Waals surface area contributed by atoms with Gasteiger partial charge in [0.2, 0.25) is 0 Å². The lowest BCUT2D eigenvalue weighted by molar-refractivity contribution is 0.458. The lowest BCUT2D eigenvalue weighted by Gasteiger charge is -1.89. The molecule has 0 saturated carbocycles. The van der Waals surface area contributed by atoms with Gasteiger partial charge in [0.25, 0.3) is 0 Å². The number of oxazole rings is 1. The van der Waals surface area contributed by atoms with Crippen LogP contribution < -0.4 is 0 Å². The van der Waals surface area contributed by atoms with Crippen molar-refractivity contribution in [1.82, 2.24) is 4.98 Å². The van der Waals surface area contributed by atoms with Crippen molar-refractivity contribution in [3.8, 4) is 0 Å². The summed E-state index contributed by atoms with van der Waals surface area (Å²) >= 11 is 5.52. The minimum Gasteiger partial charge on any atom is -0.446 e. The standard InChI is InChI=1S/C8H12ClNO/c1-2-3-7-6-10-8(11-7)4-5-9/h6H,2-5H2,1H3. The van der Waals surface area contributed by atoms with Gasteiger partial charge in [-0.15, -0.1) is 11.6 Å². The summed E-state index contributed by atoms with van der Waals surface area (Å²) in [7, 11) is 0. The number of hydrogen-bond donors (Lipinski definition) is 0. The molecule has 0 radical (unpaired) electrons. The second-order valence-electron chi connectivity index (χ2n) is 2.41. The zero-order valence-electron chi connectivity index (χ0n) is 6.64. The van der Waals surface area contributed by atoms with Crippen LogP contribution in [-0.2, 0) is 12.8 Å². The normalized spacial score (nSPS) is 10.4. The van der Waals surface area contributed by atoms with Crippen molar-refractivity contribution in [2.45, 2.75) is 26.2 Å². The van der Waals surface area contributed by atoms with Crippen LogP contribution in [0.4, 0.5) is 0 Å². The van der Waals surface area contributed by atoms with Crippen molar-refractivity contribution >= 4 is 11.6 Å². The quantitative estimate of drug-likeness (QED) is 0.654. The first-order valence-corrected chi connectivity index (χ1v) is 4.39. The summed E-state index contributed by atoms with van der Waals surface area (Å²) in [6, 6.07) is 0. The van der Waals surface area contributed by atoms with Crippen LogP contribution in [0.3, 0.4) is 0 Å². The van der Waals surface area contributed by atoms with Crippen molar-refractivity contribution < 1.29 is 4.42 Å². The molecular formula is C8H12ClNO. The number of alkyl halides is 1. The SMILES string of the molecule is CCCc1cnc(CCCl)o1. The Morgan fingerprint density at radius 2 is 2.36 bits per heavy atom. The summed E-state index contributed by atoms with van der Waals surface area (Å²) in [5.41, 5.74) is 0. The molecule has 3 heteroatoms. The highest BCUT2D eigenvalue weighted by Crippen LogP contribution is 2.06. The maximum absolute atomic E-state index is 5.52. The van der Waals surface area contributed by atoms with E-state index in [1.165, 1.54) is 0 Å². The molecule has 1 rings (SSSR count). The van der Waals surface area contributed by atoms with E-state index in [0.717, 1.165) is 30.9 Å². The molecule has 0 aliphatic heterocycles. The maximum atomic E-state index is 5.52. The van der Waals surface area contributed by atoms with E-state index in [4.69, 9.17) is 16.0 Å². The third-order valence-corrected chi connectivity index (χ3v) is 1.60. The third-order valence-electron chi connectivity index (χ3n) is 1.41. The maximum Gasteiger partial charge on any atom is 0.195 e. The summed E-state index contributed by atoms with van der Waals surface area (Å²) in [5.74, 6) is 2.29. The zero-order chi connectivity index (χ0) is 8.10. The van der Waals surface area contributed by atoms with Crippen LogP contribution >= 0.6 is 11.6 Å². The largest absolute Gasteiger partial charge is 0.446 e. The molecule has 0 aromatic carbocycles. The van der Waals surface area contributed by atoms with Crippen LogP contribution in [0.25, 0.3) is 0 Å². The minimum atomic E-state index is 0.575. The Labute approximate surface area is 71.6 Å². The fourth-order valence-corrected chi connectivity index (χ4v) is 1.07. The predicted octanol–water partition coefficient (Wildman–Crippen LogP) is 2.41. The Kier molecular flexibility index (Phi) is 3.43. The second-order valence-corrected chi connectivity index (χ2v) is 2.79. The van der Waals surface area contributed by atoms with Crippen molar-refractivity contribution in [3.63, 3.8) is 0 Å². The number of nitrogens with zero attached hydrogens (tertiary/aromatic N) is 1. The molecule has 0 amide bonds. The van der Waals surface area contributed by atoms with Crippen LogP contribution in [0.15, 0.2) is 10.6 Å². The Morgan fingerprint density at radius 1 is 1.55 bits per heavy atom. The van der Waals surface area contributed by atoms with Gasteiger partial charge in [0, 0.05) is 18.7 Å². The van der Waals surface area contributed by atoms with E-state index < -0.39 is 0 Å². The fraction of sp³-hybridized carbons (Fsp3) is 0.625. The van der Waals surface area contributed by atoms with Crippen LogP contribution in [0.2, 0.25) is 0 Å². The minimum absolute atomic E-state index is 0.575. The predicted molar refractivity (Wildman–Crippen MR) is 44.9 cm³/mol. The number of hydrogen-bond acceptors (Lipinski definition) is 2. The topological polar surface area (TPSA) is 26.0 Å². The molecule has 11 heavy (non-hydrogen) atoms. The van der Waals surface area contributed by atoms with Crippen LogP contribution in [0.5, 0.6) is 0 Å². The number of halogens is 1. The van der Waals surface area contributed by atoms with Crippen molar-refractivity contribution in [3.05, 3.63) is 17.8 Å². The number of rotatable bonds is 4. The summed E-state index contributed by atoms with van der Waals surface area (Å²) in [6.07, 6.45) is 4.57. The van der Waals surface area contributed by atoms with E-state index in [9.17, 15) is 0 Å². The third kappa shape index (κ3) is 2.54. The molecule has 62 valence electrons. The Balaban J connectivity index is 2.51. The molecule has 1 aromatic rings. The first-order chi connectivity index (χ1) is 5.36. The van der Waals surface area contributed by atoms with Gasteiger partial charge in [0.1, 0.15) is 5.76 Å². The van der Waals surface area contributed by atoms with Gasteiger partial charge in [-0.1, -0.05) is 6.92 Å². The van der Waals surface area contributed by atoms with E-state index in [-0.39, 0.29) is 0 Å². The van der Waals surface area contributed by atoms with E-state index in [2.05, 4.69) is 11.9 Å². The lowest BCUT2D eigenvalue weighted by Crippen LogP contribution is -1.83. The molecule has 0 bridgehead atoms. The molecule has 0 unspecified atom stereocenters. The average Bonchev–Trinajstić information content (AvgIpc) is 2.38. The average molecular weight is 174 g/mol. The Morgan fingerprint density at radius 3 is 3.00 bits per heavy atom. The number of aryl methyl sites for hydroxylation is 2. The summed E-state index contributed by atoms with van der Waals surface area (Å²) in [4.78, 5) is 4.07. The van der Waals surface area contributed by atoms with Gasteiger partial charge in [0.15, 0.2) is 5.89 Å². The Bertz CT molecular complexity index is 189. The molecule has 0 spiro atoms. The highest BCUT2D eigenvalue weighted by Gasteiger charge is 2.00. The summed E-state index contributed by atoms with van der Waals surface area (Å²) in [6.45, 7) is 2.11. The first kappa shape index (κ1) is 8.60. The monoisotopic (exact) mass is 173 g/mol. The molecule has 0 aliphatic rings. The molecular weight excluding hydrogens is 162 g/mol. The summed E-state index contributed by atoms with van der Waals surface area (Å²) in [5, 5.41) is 0. The van der Waals surface area contributed by atoms with E-state index in [1.54, 1.807) is 6.20 Å². The van der Waals surface area contributed by atoms with Crippen molar-refractivity contribution in [2.75, 3.05) is 5.88 Å². The fourth-order valence-electron chi connectivity index (χ4n) is 0.906. The van der Waals surface area contributed by atoms with Crippen LogP contribution in [0, 0.1) is 0 Å². The molecule has 0 atom stereocenters. The first-order valence-electron chi connectivity index (χ1n) is 3.86. The highest BCUT2D eigenvalue weighted by atomic mass is 35.5. The van der Waals surface area contributed by atoms with E-state index >= 15 is 0 Å². The molecule has 1 heterocycles. The van der Waals surface area contributed by atoms with Gasteiger partial charge in [-0.2, -0.15) is 0 Å². The Hall–Kier alpha value is -0.500. The van der Waals surface area contributed by atoms with Crippen molar-refractivity contribution in [1.29, 1.82) is 0 Å². The molecule has 0 N–H and O–H groups in total. The van der Waals surface area contributed by atoms with Gasteiger partial charge in [0.05, 0.1) is 6.20 Å². The van der Waals surface area contributed by atoms with E-state index in [0.29, 0.717) is 5.88 Å². The smallest absolute Gasteiger partial charge is 0.195 e. The summed E-state index contributed by atoms with van der Waals surface area (Å²) < 4.78 is 5.37. The highest BCUT2D eigenvalue weighted by molar-refractivity contribution is 6.17. The van der Waals surface area contributed by atoms with Gasteiger partial charge in [-0.25, -0.2) is 4.98 Å². The zero-order valence-corrected chi connectivity index (χ0v) is 7.40. The molecule has 0 fully saturated rings. The van der Waals surface area contributed by atoms with Crippen LogP contribution in [-0.4, -0.2) is 10.9 Å². The molecule has 0 saturated heterocycles. The van der Waals surface area contributed by atoms with Gasteiger partial charge in [-0.05, 0) is 6.42 Å².